The highest BCUT2D eigenvalue weighted by atomic mass is 32.1. The summed E-state index contributed by atoms with van der Waals surface area (Å²) in [7, 11) is 3.33. The number of rotatable bonds is 10. The van der Waals surface area contributed by atoms with Crippen LogP contribution in [0.25, 0.3) is 11.8 Å². The van der Waals surface area contributed by atoms with Crippen molar-refractivity contribution in [1.82, 2.24) is 9.88 Å². The van der Waals surface area contributed by atoms with Crippen LogP contribution < -0.4 is 40.3 Å². The number of ether oxygens (including phenoxy) is 1. The average Bonchev–Trinajstić information content (AvgIpc) is 3.25. The summed E-state index contributed by atoms with van der Waals surface area (Å²) in [5.41, 5.74) is 0.690. The number of benzene rings is 2. The number of amides is 2. The Morgan fingerprint density at radius 2 is 1.88 bits per heavy atom. The Morgan fingerprint density at radius 3 is 2.54 bits per heavy atom. The molecule has 0 saturated carbocycles. The van der Waals surface area contributed by atoms with Crippen LogP contribution in [0.2, 0.25) is 0 Å². The molecular formula is C27H27F3N6O4S. The van der Waals surface area contributed by atoms with Crippen LogP contribution in [0, 0.1) is 11.3 Å². The largest absolute Gasteiger partial charge is 0.497 e. The highest BCUT2D eigenvalue weighted by Gasteiger charge is 2.29. The van der Waals surface area contributed by atoms with Crippen LogP contribution in [0.4, 0.5) is 30.2 Å². The first-order chi connectivity index (χ1) is 19.4. The zero-order valence-corrected chi connectivity index (χ0v) is 23.2. The number of methoxy groups -OCH3 is 1. The van der Waals surface area contributed by atoms with Crippen molar-refractivity contribution < 1.29 is 27.5 Å². The Balaban J connectivity index is 1.78. The molecule has 10 nitrogen and oxygen atoms in total. The third kappa shape index (κ3) is 8.36. The molecule has 1 heterocycles. The molecule has 1 aromatic heterocycles. The van der Waals surface area contributed by atoms with Crippen LogP contribution in [0.15, 0.2) is 53.3 Å². The van der Waals surface area contributed by atoms with Crippen molar-refractivity contribution in [2.75, 3.05) is 42.8 Å². The second-order valence-electron chi connectivity index (χ2n) is 8.58. The number of nitrogens with zero attached hydrogens (tertiary/aromatic N) is 3. The molecule has 216 valence electrons. The number of halogens is 3. The molecular weight excluding hydrogens is 561 g/mol. The molecule has 0 unspecified atom stereocenters. The van der Waals surface area contributed by atoms with E-state index >= 15 is 0 Å². The molecule has 0 fully saturated rings. The zero-order valence-electron chi connectivity index (χ0n) is 22.3. The number of carbonyl (C=O) groups is 2. The summed E-state index contributed by atoms with van der Waals surface area (Å²) in [6.45, 7) is 0.153. The summed E-state index contributed by atoms with van der Waals surface area (Å²) in [4.78, 5) is 39.5. The smallest absolute Gasteiger partial charge is 0.405 e. The molecule has 3 rings (SSSR count). The van der Waals surface area contributed by atoms with E-state index in [0.29, 0.717) is 17.1 Å². The minimum atomic E-state index is -4.65. The summed E-state index contributed by atoms with van der Waals surface area (Å²) in [5.74, 6) is -0.832. The van der Waals surface area contributed by atoms with Gasteiger partial charge in [0.05, 0.1) is 13.7 Å². The first-order valence-corrected chi connectivity index (χ1v) is 13.0. The molecule has 2 aromatic carbocycles. The summed E-state index contributed by atoms with van der Waals surface area (Å²) < 4.78 is 43.9. The maximum absolute atomic E-state index is 12.9. The molecule has 0 spiro atoms. The van der Waals surface area contributed by atoms with Gasteiger partial charge in [-0.3, -0.25) is 19.0 Å². The lowest BCUT2D eigenvalue weighted by Crippen LogP contribution is -2.37. The van der Waals surface area contributed by atoms with Gasteiger partial charge in [-0.2, -0.15) is 18.4 Å². The molecule has 14 heteroatoms. The van der Waals surface area contributed by atoms with Crippen molar-refractivity contribution in [2.45, 2.75) is 19.6 Å². The highest BCUT2D eigenvalue weighted by molar-refractivity contribution is 7.07. The SMILES string of the molecule is CCn1c(=C(C#N)C(=O)NCC(F)(F)F)sc(=CNc2cccc(NC(=O)CN(C)c3cccc(OC)c3)c2)c1=O. The average molecular weight is 589 g/mol. The molecule has 0 bridgehead atoms. The number of hydrogen-bond acceptors (Lipinski definition) is 8. The molecule has 3 aromatic rings. The number of nitriles is 1. The van der Waals surface area contributed by atoms with Crippen LogP contribution in [0.3, 0.4) is 0 Å². The van der Waals surface area contributed by atoms with Gasteiger partial charge in [0, 0.05) is 42.9 Å². The predicted octanol–water partition coefficient (Wildman–Crippen LogP) is 2.22. The van der Waals surface area contributed by atoms with E-state index in [1.165, 1.54) is 6.20 Å². The number of aromatic nitrogens is 1. The molecule has 0 atom stereocenters. The van der Waals surface area contributed by atoms with Gasteiger partial charge in [-0.05, 0) is 37.3 Å². The topological polar surface area (TPSA) is 128 Å². The summed E-state index contributed by atoms with van der Waals surface area (Å²) in [6.07, 6.45) is -3.29. The lowest BCUT2D eigenvalue weighted by atomic mass is 10.2. The quantitative estimate of drug-likeness (QED) is 0.331. The third-order valence-corrected chi connectivity index (χ3v) is 6.75. The van der Waals surface area contributed by atoms with Crippen molar-refractivity contribution in [3.05, 3.63) is 68.1 Å². The second kappa shape index (κ2) is 13.5. The lowest BCUT2D eigenvalue weighted by molar-refractivity contribution is -0.135. The van der Waals surface area contributed by atoms with E-state index in [0.717, 1.165) is 21.6 Å². The lowest BCUT2D eigenvalue weighted by Gasteiger charge is -2.19. The van der Waals surface area contributed by atoms with Crippen LogP contribution >= 0.6 is 11.3 Å². The van der Waals surface area contributed by atoms with E-state index < -0.39 is 29.8 Å². The number of hydrogen-bond donors (Lipinski definition) is 3. The first-order valence-electron chi connectivity index (χ1n) is 12.2. The Bertz CT molecular complexity index is 1640. The first kappa shape index (κ1) is 30.8. The van der Waals surface area contributed by atoms with Crippen LogP contribution in [-0.4, -0.2) is 49.8 Å². The molecule has 0 aliphatic rings. The van der Waals surface area contributed by atoms with Gasteiger partial charge in [-0.15, -0.1) is 11.3 Å². The Hall–Kier alpha value is -4.77. The summed E-state index contributed by atoms with van der Waals surface area (Å²) in [5, 5.41) is 16.9. The van der Waals surface area contributed by atoms with Crippen molar-refractivity contribution in [1.29, 1.82) is 5.26 Å². The van der Waals surface area contributed by atoms with Crippen molar-refractivity contribution in [3.63, 3.8) is 0 Å². The number of likely N-dealkylation sites (N-methyl/N-ethyl adjacent to an activating group) is 1. The molecule has 2 amide bonds. The standard InChI is InChI=1S/C27H27F3N6O4S/c1-4-36-25(39)22(41-26(36)21(13-31)24(38)33-16-27(28,29)30)14-32-17-7-5-8-18(11-17)34-23(37)15-35(2)19-9-6-10-20(12-19)40-3/h5-12,14,32H,4,15-16H2,1-3H3,(H,33,38)(H,34,37). The fourth-order valence-corrected chi connectivity index (χ4v) is 4.73. The van der Waals surface area contributed by atoms with Gasteiger partial charge in [0.2, 0.25) is 5.91 Å². The monoisotopic (exact) mass is 588 g/mol. The van der Waals surface area contributed by atoms with Crippen molar-refractivity contribution in [3.8, 4) is 11.8 Å². The van der Waals surface area contributed by atoms with Gasteiger partial charge in [0.1, 0.15) is 27.6 Å². The number of nitrogens with one attached hydrogen (secondary N) is 3. The Morgan fingerprint density at radius 1 is 1.17 bits per heavy atom. The summed E-state index contributed by atoms with van der Waals surface area (Å²) in [6, 6.07) is 15.6. The summed E-state index contributed by atoms with van der Waals surface area (Å²) >= 11 is 0.793. The number of anilines is 3. The van der Waals surface area contributed by atoms with Gasteiger partial charge < -0.3 is 25.6 Å². The minimum absolute atomic E-state index is 0.0612. The van der Waals surface area contributed by atoms with Crippen molar-refractivity contribution in [2.24, 2.45) is 0 Å². The van der Waals surface area contributed by atoms with Crippen LogP contribution in [0.1, 0.15) is 6.92 Å². The van der Waals surface area contributed by atoms with E-state index in [2.05, 4.69) is 10.6 Å². The number of carbonyl (C=O) groups excluding carboxylic acids is 2. The molecule has 0 saturated heterocycles. The van der Waals surface area contributed by atoms with Gasteiger partial charge in [0.25, 0.3) is 11.5 Å². The van der Waals surface area contributed by atoms with Crippen LogP contribution in [-0.2, 0) is 16.1 Å². The van der Waals surface area contributed by atoms with Gasteiger partial charge >= 0.3 is 6.18 Å². The number of alkyl halides is 3. The zero-order chi connectivity index (χ0) is 30.2. The fourth-order valence-electron chi connectivity index (χ4n) is 3.65. The van der Waals surface area contributed by atoms with Crippen molar-refractivity contribution >= 4 is 52.0 Å². The normalized spacial score (nSPS) is 12.3. The van der Waals surface area contributed by atoms with E-state index in [-0.39, 0.29) is 28.2 Å². The second-order valence-corrected chi connectivity index (χ2v) is 9.61. The van der Waals surface area contributed by atoms with Gasteiger partial charge in [0.15, 0.2) is 5.57 Å². The van der Waals surface area contributed by atoms with E-state index in [9.17, 15) is 32.8 Å². The molecule has 0 aliphatic heterocycles. The molecule has 0 aliphatic carbocycles. The van der Waals surface area contributed by atoms with E-state index in [1.54, 1.807) is 67.7 Å². The van der Waals surface area contributed by atoms with E-state index in [1.807, 2.05) is 18.2 Å². The van der Waals surface area contributed by atoms with E-state index in [4.69, 9.17) is 4.74 Å². The predicted molar refractivity (Wildman–Crippen MR) is 151 cm³/mol. The Labute approximate surface area is 237 Å². The molecule has 3 N–H and O–H groups in total. The maximum Gasteiger partial charge on any atom is 0.405 e. The molecule has 0 radical (unpaired) electrons. The number of thiazole rings is 1. The molecule has 41 heavy (non-hydrogen) atoms. The third-order valence-electron chi connectivity index (χ3n) is 5.62. The van der Waals surface area contributed by atoms with Gasteiger partial charge in [-0.25, -0.2) is 0 Å². The van der Waals surface area contributed by atoms with Gasteiger partial charge in [-0.1, -0.05) is 12.1 Å². The highest BCUT2D eigenvalue weighted by Crippen LogP contribution is 2.20. The minimum Gasteiger partial charge on any atom is -0.497 e. The fraction of sp³-hybridized carbons (Fsp3) is 0.259. The maximum atomic E-state index is 12.9. The van der Waals surface area contributed by atoms with Crippen LogP contribution in [0.5, 0.6) is 5.75 Å². The Kier molecular flexibility index (Phi) is 10.2.